The van der Waals surface area contributed by atoms with Gasteiger partial charge in [-0.05, 0) is 27.0 Å². The molecule has 0 fully saturated rings. The minimum atomic E-state index is -0.932. The van der Waals surface area contributed by atoms with Gasteiger partial charge in [-0.25, -0.2) is 0 Å². The topological polar surface area (TPSA) is 62.5 Å². The molecule has 1 aromatic heterocycles. The monoisotopic (exact) mass is 238 g/mol. The van der Waals surface area contributed by atoms with Gasteiger partial charge >= 0.3 is 5.97 Å². The van der Waals surface area contributed by atoms with Crippen molar-refractivity contribution in [1.29, 1.82) is 0 Å². The summed E-state index contributed by atoms with van der Waals surface area (Å²) >= 11 is 0. The zero-order chi connectivity index (χ0) is 13.1. The van der Waals surface area contributed by atoms with E-state index >= 15 is 0 Å². The van der Waals surface area contributed by atoms with Crippen LogP contribution in [0.5, 0.6) is 0 Å². The average Bonchev–Trinajstić information content (AvgIpc) is 2.27. The molecule has 0 aromatic carbocycles. The van der Waals surface area contributed by atoms with Gasteiger partial charge in [-0.2, -0.15) is 0 Å². The summed E-state index contributed by atoms with van der Waals surface area (Å²) in [5.41, 5.74) is -1.01. The van der Waals surface area contributed by atoms with Crippen molar-refractivity contribution >= 4 is 5.97 Å². The van der Waals surface area contributed by atoms with Gasteiger partial charge in [0, 0.05) is 25.4 Å². The molecule has 0 amide bonds. The Balaban J connectivity index is 2.66. The van der Waals surface area contributed by atoms with Gasteiger partial charge in [-0.1, -0.05) is 6.07 Å². The standard InChI is InChI=1S/C12H18N2O3/c1-12(2,11(16)17)13(3)8-9-14-7-5-4-6-10(14)15/h4-7H,8-9H2,1-3H3,(H,16,17). The van der Waals surface area contributed by atoms with Crippen molar-refractivity contribution in [3.05, 3.63) is 34.7 Å². The Bertz CT molecular complexity index is 451. The number of carbonyl (C=O) groups is 1. The number of likely N-dealkylation sites (N-methyl/N-ethyl adjacent to an activating group) is 1. The molecule has 0 radical (unpaired) electrons. The van der Waals surface area contributed by atoms with Crippen molar-refractivity contribution in [2.24, 2.45) is 0 Å². The van der Waals surface area contributed by atoms with Crippen molar-refractivity contribution in [1.82, 2.24) is 9.47 Å². The number of aromatic nitrogens is 1. The SMILES string of the molecule is CN(CCn1ccccc1=O)C(C)(C)C(=O)O. The van der Waals surface area contributed by atoms with Crippen molar-refractivity contribution in [2.45, 2.75) is 25.9 Å². The largest absolute Gasteiger partial charge is 0.480 e. The summed E-state index contributed by atoms with van der Waals surface area (Å²) in [5, 5.41) is 9.05. The molecule has 94 valence electrons. The first-order valence-corrected chi connectivity index (χ1v) is 5.46. The van der Waals surface area contributed by atoms with Gasteiger partial charge in [0.25, 0.3) is 5.56 Å². The smallest absolute Gasteiger partial charge is 0.323 e. The number of hydrogen-bond acceptors (Lipinski definition) is 3. The molecule has 5 heteroatoms. The molecule has 1 N–H and O–H groups in total. The molecule has 0 spiro atoms. The summed E-state index contributed by atoms with van der Waals surface area (Å²) < 4.78 is 1.56. The average molecular weight is 238 g/mol. The zero-order valence-corrected chi connectivity index (χ0v) is 10.4. The molecular weight excluding hydrogens is 220 g/mol. The van der Waals surface area contributed by atoms with E-state index in [1.165, 1.54) is 6.07 Å². The van der Waals surface area contributed by atoms with Crippen LogP contribution in [0.1, 0.15) is 13.8 Å². The van der Waals surface area contributed by atoms with E-state index in [-0.39, 0.29) is 5.56 Å². The van der Waals surface area contributed by atoms with Crippen LogP contribution in [-0.2, 0) is 11.3 Å². The normalized spacial score (nSPS) is 11.8. The van der Waals surface area contributed by atoms with Gasteiger partial charge < -0.3 is 9.67 Å². The van der Waals surface area contributed by atoms with E-state index in [9.17, 15) is 9.59 Å². The van der Waals surface area contributed by atoms with Gasteiger partial charge in [-0.3, -0.25) is 14.5 Å². The lowest BCUT2D eigenvalue weighted by Gasteiger charge is -2.31. The molecule has 0 aliphatic heterocycles. The van der Waals surface area contributed by atoms with Crippen LogP contribution in [0.3, 0.4) is 0 Å². The maximum Gasteiger partial charge on any atom is 0.323 e. The summed E-state index contributed by atoms with van der Waals surface area (Å²) in [4.78, 5) is 24.2. The number of nitrogens with zero attached hydrogens (tertiary/aromatic N) is 2. The quantitative estimate of drug-likeness (QED) is 0.818. The first kappa shape index (κ1) is 13.4. The Morgan fingerprint density at radius 2 is 2.12 bits per heavy atom. The highest BCUT2D eigenvalue weighted by molar-refractivity contribution is 5.77. The molecule has 0 unspecified atom stereocenters. The molecule has 1 rings (SSSR count). The van der Waals surface area contributed by atoms with Crippen LogP contribution in [0.2, 0.25) is 0 Å². The minimum absolute atomic E-state index is 0.0750. The third-order valence-electron chi connectivity index (χ3n) is 3.05. The second kappa shape index (κ2) is 5.14. The van der Waals surface area contributed by atoms with E-state index in [1.807, 2.05) is 0 Å². The lowest BCUT2D eigenvalue weighted by molar-refractivity contribution is -0.148. The van der Waals surface area contributed by atoms with Gasteiger partial charge in [-0.15, -0.1) is 0 Å². The maximum atomic E-state index is 11.4. The molecule has 0 aliphatic carbocycles. The van der Waals surface area contributed by atoms with Gasteiger partial charge in [0.05, 0.1) is 0 Å². The van der Waals surface area contributed by atoms with Gasteiger partial charge in [0.1, 0.15) is 5.54 Å². The number of rotatable bonds is 5. The summed E-state index contributed by atoms with van der Waals surface area (Å²) in [7, 11) is 1.74. The third kappa shape index (κ3) is 3.17. The van der Waals surface area contributed by atoms with E-state index in [1.54, 1.807) is 48.7 Å². The Hall–Kier alpha value is -1.62. The molecular formula is C12H18N2O3. The van der Waals surface area contributed by atoms with Crippen molar-refractivity contribution in [2.75, 3.05) is 13.6 Å². The number of pyridine rings is 1. The van der Waals surface area contributed by atoms with Crippen molar-refractivity contribution in [3.63, 3.8) is 0 Å². The van der Waals surface area contributed by atoms with Crippen LogP contribution in [0, 0.1) is 0 Å². The second-order valence-electron chi connectivity index (χ2n) is 4.52. The second-order valence-corrected chi connectivity index (χ2v) is 4.52. The molecule has 1 heterocycles. The molecule has 0 saturated heterocycles. The van der Waals surface area contributed by atoms with Gasteiger partial charge in [0.2, 0.25) is 0 Å². The first-order chi connectivity index (χ1) is 7.85. The van der Waals surface area contributed by atoms with E-state index in [4.69, 9.17) is 5.11 Å². The van der Waals surface area contributed by atoms with Crippen LogP contribution >= 0.6 is 0 Å². The predicted octanol–water partition coefficient (Wildman–Crippen LogP) is 0.643. The van der Waals surface area contributed by atoms with Crippen LogP contribution in [-0.4, -0.2) is 39.7 Å². The van der Waals surface area contributed by atoms with E-state index in [2.05, 4.69) is 0 Å². The molecule has 1 aromatic rings. The van der Waals surface area contributed by atoms with Crippen molar-refractivity contribution < 1.29 is 9.90 Å². The molecule has 5 nitrogen and oxygen atoms in total. The number of carboxylic acid groups (broad SMARTS) is 1. The molecule has 0 saturated carbocycles. The highest BCUT2D eigenvalue weighted by Gasteiger charge is 2.31. The maximum absolute atomic E-state index is 11.4. The van der Waals surface area contributed by atoms with Crippen LogP contribution < -0.4 is 5.56 Å². The Morgan fingerprint density at radius 3 is 2.65 bits per heavy atom. The Morgan fingerprint density at radius 1 is 1.47 bits per heavy atom. The third-order valence-corrected chi connectivity index (χ3v) is 3.05. The number of carboxylic acids is 1. The summed E-state index contributed by atoms with van der Waals surface area (Å²) in [6.07, 6.45) is 1.70. The van der Waals surface area contributed by atoms with E-state index in [0.29, 0.717) is 13.1 Å². The summed E-state index contributed by atoms with van der Waals surface area (Å²) in [6, 6.07) is 4.95. The fraction of sp³-hybridized carbons (Fsp3) is 0.500. The van der Waals surface area contributed by atoms with Crippen LogP contribution in [0.25, 0.3) is 0 Å². The number of hydrogen-bond donors (Lipinski definition) is 1. The fourth-order valence-corrected chi connectivity index (χ4v) is 1.35. The van der Waals surface area contributed by atoms with Crippen molar-refractivity contribution in [3.8, 4) is 0 Å². The van der Waals surface area contributed by atoms with Gasteiger partial charge in [0.15, 0.2) is 0 Å². The minimum Gasteiger partial charge on any atom is -0.480 e. The number of aliphatic carboxylic acids is 1. The first-order valence-electron chi connectivity index (χ1n) is 5.46. The van der Waals surface area contributed by atoms with Crippen LogP contribution in [0.15, 0.2) is 29.2 Å². The zero-order valence-electron chi connectivity index (χ0n) is 10.4. The van der Waals surface area contributed by atoms with E-state index < -0.39 is 11.5 Å². The Labute approximate surface area is 100 Å². The predicted molar refractivity (Wildman–Crippen MR) is 65.0 cm³/mol. The highest BCUT2D eigenvalue weighted by atomic mass is 16.4. The molecule has 0 bridgehead atoms. The van der Waals surface area contributed by atoms with E-state index in [0.717, 1.165) is 0 Å². The molecule has 0 aliphatic rings. The molecule has 0 atom stereocenters. The summed E-state index contributed by atoms with van der Waals surface area (Å²) in [5.74, 6) is -0.875. The van der Waals surface area contributed by atoms with Crippen LogP contribution in [0.4, 0.5) is 0 Å². The highest BCUT2D eigenvalue weighted by Crippen LogP contribution is 2.11. The lowest BCUT2D eigenvalue weighted by atomic mass is 10.0. The lowest BCUT2D eigenvalue weighted by Crippen LogP contribution is -2.49. The Kier molecular flexibility index (Phi) is 4.07. The fourth-order valence-electron chi connectivity index (χ4n) is 1.35. The summed E-state index contributed by atoms with van der Waals surface area (Å²) in [6.45, 7) is 4.27. The molecule has 17 heavy (non-hydrogen) atoms.